The number of nitrogens with one attached hydrogen (secondary N) is 1. The molecule has 11 heteroatoms. The van der Waals surface area contributed by atoms with Crippen LogP contribution >= 0.6 is 21.0 Å². The Hall–Kier alpha value is -1.58. The van der Waals surface area contributed by atoms with Crippen molar-refractivity contribution in [2.24, 2.45) is 16.7 Å². The van der Waals surface area contributed by atoms with Gasteiger partial charge in [-0.15, -0.1) is 16.9 Å². The van der Waals surface area contributed by atoms with Gasteiger partial charge in [-0.05, 0) is 18.2 Å². The third kappa shape index (κ3) is 5.74. The highest BCUT2D eigenvalue weighted by molar-refractivity contribution is 8.02. The number of amides is 2. The Morgan fingerprint density at radius 2 is 2.48 bits per heavy atom. The molecule has 0 aromatic carbocycles. The van der Waals surface area contributed by atoms with Gasteiger partial charge in [0.25, 0.3) is 0 Å². The maximum atomic E-state index is 11.4. The smallest absolute Gasteiger partial charge is 0.351 e. The zero-order chi connectivity index (χ0) is 15.7. The maximum absolute atomic E-state index is 11.4. The third-order valence-corrected chi connectivity index (χ3v) is 3.45. The SMILES string of the molecule is C=N/C(P)=C\SCOCc1ccnnc1N(N)C(=O)NN. The molecule has 0 aliphatic rings. The van der Waals surface area contributed by atoms with E-state index in [1.807, 2.05) is 5.43 Å². The first kappa shape index (κ1) is 17.5. The molecule has 1 aromatic heterocycles. The highest BCUT2D eigenvalue weighted by Crippen LogP contribution is 2.17. The number of rotatable bonds is 7. The minimum absolute atomic E-state index is 0.167. The van der Waals surface area contributed by atoms with Gasteiger partial charge in [0.1, 0.15) is 0 Å². The first-order valence-electron chi connectivity index (χ1n) is 5.57. The van der Waals surface area contributed by atoms with Crippen LogP contribution in [0.1, 0.15) is 5.56 Å². The number of thioether (sulfide) groups is 1. The summed E-state index contributed by atoms with van der Waals surface area (Å²) in [5.41, 5.74) is 3.24. The van der Waals surface area contributed by atoms with E-state index in [2.05, 4.69) is 31.1 Å². The van der Waals surface area contributed by atoms with Crippen molar-refractivity contribution in [2.75, 3.05) is 10.9 Å². The van der Waals surface area contributed by atoms with Crippen LogP contribution in [-0.4, -0.2) is 28.9 Å². The minimum Gasteiger partial charge on any atom is -0.366 e. The van der Waals surface area contributed by atoms with Crippen molar-refractivity contribution in [3.8, 4) is 0 Å². The van der Waals surface area contributed by atoms with Crippen LogP contribution in [0.25, 0.3) is 0 Å². The molecule has 1 aromatic rings. The molecule has 1 atom stereocenters. The Morgan fingerprint density at radius 3 is 3.14 bits per heavy atom. The van der Waals surface area contributed by atoms with Gasteiger partial charge in [0.15, 0.2) is 5.82 Å². The van der Waals surface area contributed by atoms with Crippen molar-refractivity contribution in [3.63, 3.8) is 0 Å². The normalized spacial score (nSPS) is 11.1. The molecule has 21 heavy (non-hydrogen) atoms. The number of carbonyl (C=O) groups excluding carboxylic acids is 1. The van der Waals surface area contributed by atoms with Crippen LogP contribution in [0.15, 0.2) is 28.1 Å². The Balaban J connectivity index is 2.59. The number of aromatic nitrogens is 2. The van der Waals surface area contributed by atoms with Crippen LogP contribution in [0.2, 0.25) is 0 Å². The summed E-state index contributed by atoms with van der Waals surface area (Å²) in [6, 6.07) is 0.942. The van der Waals surface area contributed by atoms with Gasteiger partial charge in [0, 0.05) is 5.56 Å². The molecule has 5 N–H and O–H groups in total. The summed E-state index contributed by atoms with van der Waals surface area (Å²) in [7, 11) is 2.44. The van der Waals surface area contributed by atoms with Crippen LogP contribution < -0.4 is 22.1 Å². The molecule has 0 aliphatic heterocycles. The summed E-state index contributed by atoms with van der Waals surface area (Å²) in [5.74, 6) is 11.2. The summed E-state index contributed by atoms with van der Waals surface area (Å²) >= 11 is 1.41. The number of ether oxygens (including phenoxy) is 1. The Kier molecular flexibility index (Phi) is 7.80. The number of hydrogen-bond acceptors (Lipinski definition) is 8. The topological polar surface area (TPSA) is 132 Å². The predicted molar refractivity (Wildman–Crippen MR) is 86.0 cm³/mol. The van der Waals surface area contributed by atoms with Crippen molar-refractivity contribution < 1.29 is 9.53 Å². The quantitative estimate of drug-likeness (QED) is 0.125. The van der Waals surface area contributed by atoms with E-state index in [0.717, 1.165) is 10.4 Å². The molecule has 9 nitrogen and oxygen atoms in total. The highest BCUT2D eigenvalue weighted by Gasteiger charge is 2.16. The number of anilines is 1. The molecule has 114 valence electrons. The lowest BCUT2D eigenvalue weighted by atomic mass is 10.3. The van der Waals surface area contributed by atoms with Crippen molar-refractivity contribution in [3.05, 3.63) is 28.7 Å². The van der Waals surface area contributed by atoms with Crippen molar-refractivity contribution in [1.82, 2.24) is 15.6 Å². The average Bonchev–Trinajstić information content (AvgIpc) is 2.53. The molecule has 0 spiro atoms. The van der Waals surface area contributed by atoms with E-state index < -0.39 is 6.03 Å². The van der Waals surface area contributed by atoms with Crippen LogP contribution in [0.5, 0.6) is 0 Å². The van der Waals surface area contributed by atoms with Crippen LogP contribution in [0.3, 0.4) is 0 Å². The molecule has 0 bridgehead atoms. The van der Waals surface area contributed by atoms with Gasteiger partial charge in [-0.1, -0.05) is 9.24 Å². The number of hydrogen-bond donors (Lipinski definition) is 3. The van der Waals surface area contributed by atoms with Gasteiger partial charge in [0.05, 0.1) is 24.2 Å². The van der Waals surface area contributed by atoms with E-state index in [-0.39, 0.29) is 12.4 Å². The second-order valence-electron chi connectivity index (χ2n) is 3.53. The molecule has 1 rings (SSSR count). The molecule has 0 saturated carbocycles. The second kappa shape index (κ2) is 9.37. The number of nitrogens with zero attached hydrogens (tertiary/aromatic N) is 4. The molecule has 0 aliphatic carbocycles. The molecule has 1 unspecified atom stereocenters. The summed E-state index contributed by atoms with van der Waals surface area (Å²) < 4.78 is 5.45. The molecule has 0 fully saturated rings. The number of urea groups is 1. The molecular formula is C10H16N7O2PS. The second-order valence-corrected chi connectivity index (χ2v) is 4.93. The third-order valence-electron chi connectivity index (χ3n) is 2.15. The lowest BCUT2D eigenvalue weighted by Crippen LogP contribution is -2.48. The number of carbonyl (C=O) groups is 1. The first-order chi connectivity index (χ1) is 10.1. The monoisotopic (exact) mass is 329 g/mol. The Labute approximate surface area is 128 Å². The average molecular weight is 329 g/mol. The summed E-state index contributed by atoms with van der Waals surface area (Å²) in [5, 5.41) is 10.0. The number of nitrogens with two attached hydrogens (primary N) is 2. The fourth-order valence-corrected chi connectivity index (χ4v) is 1.97. The van der Waals surface area contributed by atoms with Crippen LogP contribution in [0, 0.1) is 0 Å². The van der Waals surface area contributed by atoms with Crippen molar-refractivity contribution >= 4 is 39.6 Å². The van der Waals surface area contributed by atoms with Gasteiger partial charge in [-0.25, -0.2) is 21.5 Å². The van der Waals surface area contributed by atoms with Crippen LogP contribution in [0.4, 0.5) is 10.6 Å². The van der Waals surface area contributed by atoms with E-state index in [9.17, 15) is 4.79 Å². The summed E-state index contributed by atoms with van der Waals surface area (Å²) in [6.07, 6.45) is 1.48. The number of hydrazine groups is 2. The zero-order valence-electron chi connectivity index (χ0n) is 11.1. The fraction of sp³-hybridized carbons (Fsp3) is 0.200. The van der Waals surface area contributed by atoms with E-state index >= 15 is 0 Å². The lowest BCUT2D eigenvalue weighted by Gasteiger charge is -2.16. The van der Waals surface area contributed by atoms with Crippen LogP contribution in [-0.2, 0) is 11.3 Å². The molecule has 0 radical (unpaired) electrons. The zero-order valence-corrected chi connectivity index (χ0v) is 13.1. The standard InChI is InChI=1S/C10H16N7O2PS/c1-13-8(20)5-21-6-19-4-7-2-3-14-16-9(7)17(12)10(18)15-11/h2-3,5H,1,4,6,11-12,20H2,(H,15,18)/b8-5+. The minimum atomic E-state index is -0.709. The highest BCUT2D eigenvalue weighted by atomic mass is 32.2. The van der Waals surface area contributed by atoms with Gasteiger partial charge in [-0.3, -0.25) is 10.4 Å². The molecule has 2 amide bonds. The largest absolute Gasteiger partial charge is 0.366 e. The van der Waals surface area contributed by atoms with E-state index in [4.69, 9.17) is 16.4 Å². The van der Waals surface area contributed by atoms with Gasteiger partial charge >= 0.3 is 6.03 Å². The first-order valence-corrected chi connectivity index (χ1v) is 7.20. The van der Waals surface area contributed by atoms with Crippen molar-refractivity contribution in [2.45, 2.75) is 6.61 Å². The molecular weight excluding hydrogens is 313 g/mol. The van der Waals surface area contributed by atoms with Gasteiger partial charge in [0.2, 0.25) is 0 Å². The lowest BCUT2D eigenvalue weighted by molar-refractivity contribution is 0.169. The van der Waals surface area contributed by atoms with E-state index in [1.54, 1.807) is 11.5 Å². The Morgan fingerprint density at radius 1 is 1.71 bits per heavy atom. The van der Waals surface area contributed by atoms with E-state index in [0.29, 0.717) is 11.5 Å². The van der Waals surface area contributed by atoms with Gasteiger partial charge < -0.3 is 4.74 Å². The maximum Gasteiger partial charge on any atom is 0.351 e. The Bertz CT molecular complexity index is 528. The molecule has 1 heterocycles. The number of aliphatic imine (C=N–C) groups is 1. The summed E-state index contributed by atoms with van der Waals surface area (Å²) in [6.45, 7) is 3.60. The summed E-state index contributed by atoms with van der Waals surface area (Å²) in [4.78, 5) is 15.1. The van der Waals surface area contributed by atoms with E-state index in [1.165, 1.54) is 18.0 Å². The fourth-order valence-electron chi connectivity index (χ4n) is 1.19. The van der Waals surface area contributed by atoms with Crippen molar-refractivity contribution in [1.29, 1.82) is 0 Å². The molecule has 0 saturated heterocycles. The predicted octanol–water partition coefficient (Wildman–Crippen LogP) is 0.322. The van der Waals surface area contributed by atoms with Gasteiger partial charge in [-0.2, -0.15) is 5.10 Å².